The van der Waals surface area contributed by atoms with Gasteiger partial charge in [-0.05, 0) is 53.7 Å². The molecule has 1 aliphatic carbocycles. The van der Waals surface area contributed by atoms with Crippen LogP contribution in [0.15, 0.2) is 22.1 Å². The number of fused-ring (bicyclic) bond motifs is 1. The first kappa shape index (κ1) is 12.4. The Hall–Kier alpha value is -0.650. The lowest BCUT2D eigenvalue weighted by Gasteiger charge is -2.26. The molecule has 0 bridgehead atoms. The third-order valence-corrected chi connectivity index (χ3v) is 5.06. The number of hydrogen-bond donors (Lipinski definition) is 2. The Bertz CT molecular complexity index is 549. The molecule has 2 aromatic rings. The second-order valence-electron chi connectivity index (χ2n) is 4.77. The SMILES string of the molecule is OC1CCC(Nc2nccc3sc(Br)cc23)CC1. The fraction of sp³-hybridized carbons (Fsp3) is 0.462. The van der Waals surface area contributed by atoms with Gasteiger partial charge in [-0.2, -0.15) is 0 Å². The van der Waals surface area contributed by atoms with Crippen molar-refractivity contribution in [2.75, 3.05) is 5.32 Å². The lowest BCUT2D eigenvalue weighted by molar-refractivity contribution is 0.126. The first-order valence-corrected chi connectivity index (χ1v) is 7.82. The van der Waals surface area contributed by atoms with E-state index in [0.29, 0.717) is 6.04 Å². The minimum absolute atomic E-state index is 0.109. The van der Waals surface area contributed by atoms with E-state index in [9.17, 15) is 5.11 Å². The normalized spacial score (nSPS) is 24.3. The van der Waals surface area contributed by atoms with Crippen LogP contribution in [0.25, 0.3) is 10.1 Å². The predicted molar refractivity (Wildman–Crippen MR) is 79.2 cm³/mol. The van der Waals surface area contributed by atoms with Crippen molar-refractivity contribution in [1.82, 2.24) is 4.98 Å². The summed E-state index contributed by atoms with van der Waals surface area (Å²) in [6, 6.07) is 4.60. The number of halogens is 1. The van der Waals surface area contributed by atoms with Crippen LogP contribution in [0.2, 0.25) is 0 Å². The smallest absolute Gasteiger partial charge is 0.134 e. The number of nitrogens with one attached hydrogen (secondary N) is 1. The van der Waals surface area contributed by atoms with E-state index in [1.165, 1.54) is 10.1 Å². The van der Waals surface area contributed by atoms with Crippen LogP contribution in [0.4, 0.5) is 5.82 Å². The van der Waals surface area contributed by atoms with Crippen molar-refractivity contribution in [2.45, 2.75) is 37.8 Å². The van der Waals surface area contributed by atoms with Gasteiger partial charge in [0.1, 0.15) is 5.82 Å². The number of hydrogen-bond acceptors (Lipinski definition) is 4. The Labute approximate surface area is 118 Å². The minimum atomic E-state index is -0.109. The van der Waals surface area contributed by atoms with E-state index in [4.69, 9.17) is 0 Å². The molecule has 0 unspecified atom stereocenters. The molecule has 0 saturated heterocycles. The molecule has 0 aliphatic heterocycles. The minimum Gasteiger partial charge on any atom is -0.393 e. The van der Waals surface area contributed by atoms with Crippen molar-refractivity contribution in [3.8, 4) is 0 Å². The first-order valence-electron chi connectivity index (χ1n) is 6.21. The van der Waals surface area contributed by atoms with Gasteiger partial charge >= 0.3 is 0 Å². The van der Waals surface area contributed by atoms with E-state index in [1.807, 2.05) is 12.3 Å². The average Bonchev–Trinajstić information content (AvgIpc) is 2.73. The molecule has 3 rings (SSSR count). The van der Waals surface area contributed by atoms with Gasteiger partial charge < -0.3 is 10.4 Å². The van der Waals surface area contributed by atoms with Crippen LogP contribution in [0.1, 0.15) is 25.7 Å². The molecule has 0 radical (unpaired) electrons. The second kappa shape index (κ2) is 5.15. The van der Waals surface area contributed by atoms with Gasteiger partial charge in [0.15, 0.2) is 0 Å². The molecular formula is C13H15BrN2OS. The van der Waals surface area contributed by atoms with Crippen molar-refractivity contribution in [1.29, 1.82) is 0 Å². The largest absolute Gasteiger partial charge is 0.393 e. The zero-order valence-electron chi connectivity index (χ0n) is 9.90. The van der Waals surface area contributed by atoms with Crippen molar-refractivity contribution >= 4 is 43.2 Å². The molecule has 1 saturated carbocycles. The highest BCUT2D eigenvalue weighted by Gasteiger charge is 2.20. The van der Waals surface area contributed by atoms with E-state index in [0.717, 1.165) is 35.3 Å². The molecule has 3 nitrogen and oxygen atoms in total. The van der Waals surface area contributed by atoms with Crippen molar-refractivity contribution in [3.05, 3.63) is 22.1 Å². The summed E-state index contributed by atoms with van der Waals surface area (Å²) in [6.45, 7) is 0. The molecule has 5 heteroatoms. The highest BCUT2D eigenvalue weighted by molar-refractivity contribution is 9.11. The van der Waals surface area contributed by atoms with Crippen molar-refractivity contribution in [2.24, 2.45) is 0 Å². The molecule has 2 heterocycles. The third-order valence-electron chi connectivity index (χ3n) is 3.45. The van der Waals surface area contributed by atoms with Crippen molar-refractivity contribution in [3.63, 3.8) is 0 Å². The summed E-state index contributed by atoms with van der Waals surface area (Å²) < 4.78 is 2.38. The highest BCUT2D eigenvalue weighted by Crippen LogP contribution is 2.34. The van der Waals surface area contributed by atoms with E-state index >= 15 is 0 Å². The molecule has 2 aromatic heterocycles. The fourth-order valence-corrected chi connectivity index (χ4v) is 3.99. The van der Waals surface area contributed by atoms with Gasteiger partial charge in [-0.3, -0.25) is 0 Å². The maximum Gasteiger partial charge on any atom is 0.134 e. The zero-order valence-corrected chi connectivity index (χ0v) is 12.3. The standard InChI is InChI=1S/C13H15BrN2OS/c14-12-7-10-11(18-12)5-6-15-13(10)16-8-1-3-9(17)4-2-8/h5-9,17H,1-4H2,(H,15,16). The van der Waals surface area contributed by atoms with Crippen LogP contribution in [0.3, 0.4) is 0 Å². The van der Waals surface area contributed by atoms with Gasteiger partial charge in [0.05, 0.1) is 9.89 Å². The summed E-state index contributed by atoms with van der Waals surface area (Å²) in [5, 5.41) is 14.2. The zero-order chi connectivity index (χ0) is 12.5. The number of thiophene rings is 1. The molecule has 0 spiro atoms. The Morgan fingerprint density at radius 3 is 2.89 bits per heavy atom. The maximum absolute atomic E-state index is 9.52. The van der Waals surface area contributed by atoms with Gasteiger partial charge in [-0.15, -0.1) is 11.3 Å². The number of aliphatic hydroxyl groups is 1. The average molecular weight is 327 g/mol. The number of aromatic nitrogens is 1. The molecule has 0 atom stereocenters. The highest BCUT2D eigenvalue weighted by atomic mass is 79.9. The molecular weight excluding hydrogens is 312 g/mol. The van der Waals surface area contributed by atoms with Crippen molar-refractivity contribution < 1.29 is 5.11 Å². The predicted octanol–water partition coefficient (Wildman–Crippen LogP) is 3.77. The summed E-state index contributed by atoms with van der Waals surface area (Å²) in [7, 11) is 0. The van der Waals surface area contributed by atoms with E-state index in [1.54, 1.807) is 11.3 Å². The van der Waals surface area contributed by atoms with Gasteiger partial charge in [0, 0.05) is 22.3 Å². The topological polar surface area (TPSA) is 45.1 Å². The Kier molecular flexibility index (Phi) is 3.54. The molecule has 2 N–H and O–H groups in total. The van der Waals surface area contributed by atoms with Crippen LogP contribution in [0.5, 0.6) is 0 Å². The summed E-state index contributed by atoms with van der Waals surface area (Å²) in [6.07, 6.45) is 5.56. The number of aliphatic hydroxyl groups excluding tert-OH is 1. The molecule has 0 amide bonds. The summed E-state index contributed by atoms with van der Waals surface area (Å²) >= 11 is 5.25. The number of nitrogens with zero attached hydrogens (tertiary/aromatic N) is 1. The molecule has 1 fully saturated rings. The summed E-state index contributed by atoms with van der Waals surface area (Å²) in [5.74, 6) is 0.968. The summed E-state index contributed by atoms with van der Waals surface area (Å²) in [5.41, 5.74) is 0. The van der Waals surface area contributed by atoms with E-state index in [-0.39, 0.29) is 6.10 Å². The van der Waals surface area contributed by atoms with Gasteiger partial charge in [-0.1, -0.05) is 0 Å². The molecule has 18 heavy (non-hydrogen) atoms. The molecule has 96 valence electrons. The van der Waals surface area contributed by atoms with Crippen LogP contribution in [-0.2, 0) is 0 Å². The number of anilines is 1. The number of pyridine rings is 1. The van der Waals surface area contributed by atoms with Crippen LogP contribution in [0, 0.1) is 0 Å². The fourth-order valence-electron chi connectivity index (χ4n) is 2.46. The summed E-state index contributed by atoms with van der Waals surface area (Å²) in [4.78, 5) is 4.45. The Balaban J connectivity index is 1.82. The second-order valence-corrected chi connectivity index (χ2v) is 7.23. The number of rotatable bonds is 2. The van der Waals surface area contributed by atoms with Gasteiger partial charge in [-0.25, -0.2) is 4.98 Å². The van der Waals surface area contributed by atoms with Gasteiger partial charge in [0.25, 0.3) is 0 Å². The maximum atomic E-state index is 9.52. The van der Waals surface area contributed by atoms with E-state index < -0.39 is 0 Å². The first-order chi connectivity index (χ1) is 8.72. The lowest BCUT2D eigenvalue weighted by atomic mass is 9.93. The van der Waals surface area contributed by atoms with Gasteiger partial charge in [0.2, 0.25) is 0 Å². The van der Waals surface area contributed by atoms with Crippen LogP contribution < -0.4 is 5.32 Å². The van der Waals surface area contributed by atoms with Crippen LogP contribution >= 0.6 is 27.3 Å². The van der Waals surface area contributed by atoms with Crippen LogP contribution in [-0.4, -0.2) is 22.2 Å². The Morgan fingerprint density at radius 1 is 1.33 bits per heavy atom. The van der Waals surface area contributed by atoms with E-state index in [2.05, 4.69) is 32.3 Å². The molecule has 0 aromatic carbocycles. The Morgan fingerprint density at radius 2 is 2.11 bits per heavy atom. The molecule has 1 aliphatic rings. The monoisotopic (exact) mass is 326 g/mol. The quantitative estimate of drug-likeness (QED) is 0.882. The lowest BCUT2D eigenvalue weighted by Crippen LogP contribution is -2.28. The third kappa shape index (κ3) is 2.53.